The molecular weight excluding hydrogens is 597 g/mol. The van der Waals surface area contributed by atoms with Gasteiger partial charge in [-0.05, 0) is 87.0 Å². The van der Waals surface area contributed by atoms with Crippen molar-refractivity contribution < 1.29 is 9.47 Å². The molecule has 0 saturated heterocycles. The number of hydrogen-bond acceptors (Lipinski definition) is 2. The van der Waals surface area contributed by atoms with Crippen molar-refractivity contribution in [1.29, 1.82) is 0 Å². The normalized spacial score (nSPS) is 20.2. The van der Waals surface area contributed by atoms with Gasteiger partial charge >= 0.3 is 0 Å². The van der Waals surface area contributed by atoms with Gasteiger partial charge < -0.3 is 9.47 Å². The van der Waals surface area contributed by atoms with Crippen molar-refractivity contribution >= 4 is 16.8 Å². The Bertz CT molecular complexity index is 2350. The molecule has 2 heteroatoms. The molecule has 1 heterocycles. The van der Waals surface area contributed by atoms with E-state index < -0.39 is 5.60 Å². The van der Waals surface area contributed by atoms with Gasteiger partial charge in [-0.3, -0.25) is 0 Å². The minimum absolute atomic E-state index is 0.00940. The number of fused-ring (bicyclic) bond motifs is 13. The van der Waals surface area contributed by atoms with Crippen LogP contribution in [0.25, 0.3) is 39.1 Å². The lowest BCUT2D eigenvalue weighted by Gasteiger charge is -2.41. The fourth-order valence-corrected chi connectivity index (χ4v) is 10.0. The first kappa shape index (κ1) is 28.9. The molecule has 1 fully saturated rings. The van der Waals surface area contributed by atoms with Gasteiger partial charge in [-0.25, -0.2) is 0 Å². The number of ether oxygens (including phenoxy) is 2. The molecule has 6 aromatic carbocycles. The van der Waals surface area contributed by atoms with E-state index in [0.717, 1.165) is 22.6 Å². The van der Waals surface area contributed by atoms with E-state index in [9.17, 15) is 0 Å². The van der Waals surface area contributed by atoms with E-state index >= 15 is 0 Å². The first-order valence-corrected chi connectivity index (χ1v) is 17.9. The van der Waals surface area contributed by atoms with Crippen molar-refractivity contribution in [3.8, 4) is 33.8 Å². The SMILES string of the molecule is COc1ccc(C2(c3ccc4c(c3)C(C)(C)c3ccccc3-4)C=Cc3c4c(c5ccccc5c3O2)-c2ccccc2C42CCCCC2)cc1. The minimum Gasteiger partial charge on any atom is -0.497 e. The lowest BCUT2D eigenvalue weighted by molar-refractivity contribution is 0.163. The van der Waals surface area contributed by atoms with Crippen LogP contribution >= 0.6 is 0 Å². The Kier molecular flexibility index (Phi) is 6.02. The average molecular weight is 637 g/mol. The summed E-state index contributed by atoms with van der Waals surface area (Å²) in [5.74, 6) is 1.83. The van der Waals surface area contributed by atoms with Crippen molar-refractivity contribution in [1.82, 2.24) is 0 Å². The number of rotatable bonds is 3. The molecule has 2 nitrogen and oxygen atoms in total. The fraction of sp³-hybridized carbons (Fsp3) is 0.234. The van der Waals surface area contributed by atoms with Gasteiger partial charge in [0.15, 0.2) is 5.60 Å². The highest BCUT2D eigenvalue weighted by Crippen LogP contribution is 2.62. The van der Waals surface area contributed by atoms with Crippen molar-refractivity contribution in [3.05, 3.63) is 160 Å². The zero-order valence-electron chi connectivity index (χ0n) is 28.5. The van der Waals surface area contributed by atoms with E-state index in [4.69, 9.17) is 9.47 Å². The summed E-state index contributed by atoms with van der Waals surface area (Å²) in [6.07, 6.45) is 10.9. The third-order valence-corrected chi connectivity index (χ3v) is 12.4. The summed E-state index contributed by atoms with van der Waals surface area (Å²) in [5.41, 5.74) is 13.7. The van der Waals surface area contributed by atoms with Crippen LogP contribution in [0.3, 0.4) is 0 Å². The Labute approximate surface area is 289 Å². The predicted molar refractivity (Wildman–Crippen MR) is 201 cm³/mol. The van der Waals surface area contributed by atoms with Gasteiger partial charge in [0.1, 0.15) is 11.5 Å². The van der Waals surface area contributed by atoms with Crippen LogP contribution in [0.2, 0.25) is 0 Å². The Balaban J connectivity index is 1.25. The van der Waals surface area contributed by atoms with Crippen LogP contribution in [0.5, 0.6) is 11.5 Å². The van der Waals surface area contributed by atoms with Crippen LogP contribution in [0.4, 0.5) is 0 Å². The predicted octanol–water partition coefficient (Wildman–Crippen LogP) is 11.7. The molecule has 4 aliphatic rings. The van der Waals surface area contributed by atoms with E-state index in [1.807, 2.05) is 0 Å². The summed E-state index contributed by atoms with van der Waals surface area (Å²) in [4.78, 5) is 0. The maximum atomic E-state index is 7.71. The van der Waals surface area contributed by atoms with E-state index in [0.29, 0.717) is 0 Å². The standard InChI is InChI=1S/C47H40O2/c1-45(2)39-17-9-7-13-33(39)34-24-21-31(29-41(34)45)47(30-19-22-32(48-3)23-20-30)28-25-38-43-42(35-14-5-6-15-36(35)44(38)49-47)37-16-8-10-18-40(37)46(43)26-11-4-12-27-46/h5-10,13-25,28-29H,4,11-12,26-27H2,1-3H3. The Morgan fingerprint density at radius 2 is 1.27 bits per heavy atom. The highest BCUT2D eigenvalue weighted by atomic mass is 16.5. The number of methoxy groups -OCH3 is 1. The second-order valence-electron chi connectivity index (χ2n) is 15.1. The molecule has 10 rings (SSSR count). The first-order valence-electron chi connectivity index (χ1n) is 17.9. The van der Waals surface area contributed by atoms with E-state index in [2.05, 4.69) is 141 Å². The van der Waals surface area contributed by atoms with Crippen LogP contribution in [-0.4, -0.2) is 7.11 Å². The van der Waals surface area contributed by atoms with Gasteiger partial charge in [0.25, 0.3) is 0 Å². The van der Waals surface area contributed by atoms with Gasteiger partial charge in [-0.1, -0.05) is 136 Å². The fourth-order valence-electron chi connectivity index (χ4n) is 10.0. The van der Waals surface area contributed by atoms with Gasteiger partial charge in [0.2, 0.25) is 0 Å². The molecule has 1 aliphatic heterocycles. The van der Waals surface area contributed by atoms with Crippen LogP contribution in [0.15, 0.2) is 121 Å². The van der Waals surface area contributed by atoms with Crippen molar-refractivity contribution in [2.24, 2.45) is 0 Å². The van der Waals surface area contributed by atoms with E-state index in [-0.39, 0.29) is 10.8 Å². The quantitative estimate of drug-likeness (QED) is 0.192. The van der Waals surface area contributed by atoms with Gasteiger partial charge in [-0.2, -0.15) is 0 Å². The second-order valence-corrected chi connectivity index (χ2v) is 15.1. The molecule has 1 saturated carbocycles. The molecule has 0 radical (unpaired) electrons. The molecule has 240 valence electrons. The van der Waals surface area contributed by atoms with Crippen LogP contribution in [0.1, 0.15) is 84.9 Å². The molecule has 0 amide bonds. The lowest BCUT2D eigenvalue weighted by atomic mass is 9.66. The lowest BCUT2D eigenvalue weighted by Crippen LogP contribution is -2.36. The van der Waals surface area contributed by atoms with Crippen LogP contribution in [0, 0.1) is 0 Å². The van der Waals surface area contributed by atoms with Crippen LogP contribution < -0.4 is 9.47 Å². The monoisotopic (exact) mass is 636 g/mol. The first-order chi connectivity index (χ1) is 24.0. The van der Waals surface area contributed by atoms with Crippen molar-refractivity contribution in [2.75, 3.05) is 7.11 Å². The summed E-state index contributed by atoms with van der Waals surface area (Å²) >= 11 is 0. The van der Waals surface area contributed by atoms with Crippen molar-refractivity contribution in [3.63, 3.8) is 0 Å². The summed E-state index contributed by atoms with van der Waals surface area (Å²) in [6, 6.07) is 42.5. The Morgan fingerprint density at radius 3 is 2.04 bits per heavy atom. The molecular formula is C47H40O2. The summed E-state index contributed by atoms with van der Waals surface area (Å²) in [6.45, 7) is 4.71. The average Bonchev–Trinajstić information content (AvgIpc) is 3.57. The van der Waals surface area contributed by atoms with Gasteiger partial charge in [0, 0.05) is 32.9 Å². The molecule has 1 unspecified atom stereocenters. The maximum Gasteiger partial charge on any atom is 0.178 e. The number of hydrogen-bond donors (Lipinski definition) is 0. The molecule has 49 heavy (non-hydrogen) atoms. The van der Waals surface area contributed by atoms with E-state index in [1.54, 1.807) is 7.11 Å². The zero-order chi connectivity index (χ0) is 33.0. The summed E-state index contributed by atoms with van der Waals surface area (Å²) in [5, 5.41) is 2.46. The molecule has 0 bridgehead atoms. The molecule has 6 aromatic rings. The third-order valence-electron chi connectivity index (χ3n) is 12.4. The molecule has 0 N–H and O–H groups in total. The second kappa shape index (κ2) is 10.2. The highest BCUT2D eigenvalue weighted by Gasteiger charge is 2.49. The molecule has 3 aliphatic carbocycles. The molecule has 1 atom stereocenters. The largest absolute Gasteiger partial charge is 0.497 e. The molecule has 0 aromatic heterocycles. The topological polar surface area (TPSA) is 18.5 Å². The smallest absolute Gasteiger partial charge is 0.178 e. The van der Waals surface area contributed by atoms with Crippen LogP contribution in [-0.2, 0) is 16.4 Å². The molecule has 1 spiro atoms. The Hall–Kier alpha value is -5.08. The number of benzene rings is 6. The summed E-state index contributed by atoms with van der Waals surface area (Å²) in [7, 11) is 1.73. The summed E-state index contributed by atoms with van der Waals surface area (Å²) < 4.78 is 13.3. The van der Waals surface area contributed by atoms with Crippen molar-refractivity contribution in [2.45, 2.75) is 62.4 Å². The van der Waals surface area contributed by atoms with Gasteiger partial charge in [-0.15, -0.1) is 0 Å². The zero-order valence-corrected chi connectivity index (χ0v) is 28.5. The highest BCUT2D eigenvalue weighted by molar-refractivity contribution is 6.08. The minimum atomic E-state index is -0.832. The third kappa shape index (κ3) is 3.78. The van der Waals surface area contributed by atoms with Gasteiger partial charge in [0.05, 0.1) is 7.11 Å². The Morgan fingerprint density at radius 1 is 0.612 bits per heavy atom. The van der Waals surface area contributed by atoms with E-state index in [1.165, 1.54) is 92.9 Å². The maximum absolute atomic E-state index is 7.71.